The van der Waals surface area contributed by atoms with Gasteiger partial charge >= 0.3 is 11.9 Å². The van der Waals surface area contributed by atoms with Crippen molar-refractivity contribution < 1.29 is 28.4 Å². The average molecular weight is 444 g/mol. The molecule has 2 atom stereocenters. The second-order valence-electron chi connectivity index (χ2n) is 10.5. The van der Waals surface area contributed by atoms with Crippen molar-refractivity contribution >= 4 is 26.8 Å². The minimum Gasteiger partial charge on any atom is -0.464 e. The molecule has 0 saturated carbocycles. The molecular weight excluding hydrogens is 402 g/mol. The van der Waals surface area contributed by atoms with E-state index >= 15 is 0 Å². The summed E-state index contributed by atoms with van der Waals surface area (Å²) in [4.78, 5) is 39.2. The third-order valence-corrected chi connectivity index (χ3v) is 5.85. The molecule has 1 aliphatic heterocycles. The van der Waals surface area contributed by atoms with Crippen LogP contribution in [0, 0.1) is 11.3 Å². The maximum Gasteiger partial charge on any atom is 0.336 e. The van der Waals surface area contributed by atoms with Gasteiger partial charge in [-0.1, -0.05) is 34.1 Å². The van der Waals surface area contributed by atoms with Crippen LogP contribution in [-0.4, -0.2) is 56.1 Å². The van der Waals surface area contributed by atoms with E-state index in [1.54, 1.807) is 20.8 Å². The molecular formula is C22H41NO6Si. The van der Waals surface area contributed by atoms with Crippen LogP contribution in [0.3, 0.4) is 0 Å². The predicted octanol–water partition coefficient (Wildman–Crippen LogP) is 3.65. The fourth-order valence-corrected chi connectivity index (χ4v) is 4.26. The number of ether oxygens (including phenoxy) is 2. The van der Waals surface area contributed by atoms with Crippen molar-refractivity contribution in [2.75, 3.05) is 13.2 Å². The van der Waals surface area contributed by atoms with Crippen molar-refractivity contribution in [1.82, 2.24) is 5.06 Å². The molecule has 1 rings (SSSR count). The highest BCUT2D eigenvalue weighted by atomic mass is 28.3. The predicted molar refractivity (Wildman–Crippen MR) is 118 cm³/mol. The van der Waals surface area contributed by atoms with Crippen LogP contribution in [0.1, 0.15) is 74.1 Å². The van der Waals surface area contributed by atoms with Gasteiger partial charge in [0.25, 0.3) is 0 Å². The van der Waals surface area contributed by atoms with E-state index in [2.05, 4.69) is 20.8 Å². The van der Waals surface area contributed by atoms with Gasteiger partial charge in [0.05, 0.1) is 6.61 Å². The van der Waals surface area contributed by atoms with Gasteiger partial charge in [0.2, 0.25) is 5.54 Å². The molecule has 8 heteroatoms. The maximum absolute atomic E-state index is 13.5. The first-order valence-electron chi connectivity index (χ1n) is 11.0. The summed E-state index contributed by atoms with van der Waals surface area (Å²) in [5.74, 6) is -1.74. The van der Waals surface area contributed by atoms with Gasteiger partial charge in [0, 0.05) is 6.54 Å². The molecule has 174 valence electrons. The molecule has 0 aromatic carbocycles. The van der Waals surface area contributed by atoms with Crippen LogP contribution < -0.4 is 0 Å². The quantitative estimate of drug-likeness (QED) is 0.233. The number of carbonyl (C=O) groups excluding carboxylic acids is 3. The third-order valence-electron chi connectivity index (χ3n) is 5.17. The molecule has 0 amide bonds. The summed E-state index contributed by atoms with van der Waals surface area (Å²) in [5, 5.41) is 1.53. The summed E-state index contributed by atoms with van der Waals surface area (Å²) in [5.41, 5.74) is -2.46. The highest BCUT2D eigenvalue weighted by molar-refractivity contribution is 6.48. The Morgan fingerprint density at radius 3 is 2.17 bits per heavy atom. The van der Waals surface area contributed by atoms with Gasteiger partial charge in [-0.25, -0.2) is 4.79 Å². The molecule has 2 unspecified atom stereocenters. The second kappa shape index (κ2) is 10.4. The van der Waals surface area contributed by atoms with Crippen molar-refractivity contribution in [2.24, 2.45) is 11.3 Å². The van der Waals surface area contributed by atoms with E-state index in [0.29, 0.717) is 13.0 Å². The van der Waals surface area contributed by atoms with Crippen LogP contribution in [0.2, 0.25) is 13.1 Å². The summed E-state index contributed by atoms with van der Waals surface area (Å²) >= 11 is 0. The first-order valence-corrected chi connectivity index (χ1v) is 13.8. The number of hydrogen-bond acceptors (Lipinski definition) is 7. The van der Waals surface area contributed by atoms with E-state index in [9.17, 15) is 14.4 Å². The fourth-order valence-electron chi connectivity index (χ4n) is 3.48. The normalized spacial score (nSPS) is 22.9. The van der Waals surface area contributed by atoms with Crippen LogP contribution >= 0.6 is 0 Å². The smallest absolute Gasteiger partial charge is 0.336 e. The molecule has 0 aromatic rings. The van der Waals surface area contributed by atoms with E-state index < -0.39 is 44.3 Å². The van der Waals surface area contributed by atoms with Crippen molar-refractivity contribution in [3.8, 4) is 0 Å². The first-order chi connectivity index (χ1) is 13.6. The van der Waals surface area contributed by atoms with Crippen molar-refractivity contribution in [3.05, 3.63) is 0 Å². The number of Topliss-reactive ketones (excluding diaryl/α,β-unsaturated/α-hetero) is 1. The van der Waals surface area contributed by atoms with Gasteiger partial charge in [-0.05, 0) is 58.0 Å². The molecule has 0 radical (unpaired) electrons. The number of nitrogens with zero attached hydrogens (tertiary/aromatic N) is 1. The zero-order valence-electron chi connectivity index (χ0n) is 20.3. The average Bonchev–Trinajstić information content (AvgIpc) is 2.93. The second-order valence-corrected chi connectivity index (χ2v) is 12.8. The number of hydrogen-bond donors (Lipinski definition) is 0. The standard InChI is InChI=1S/C22H41NO6Si/c1-10-11-12-27-19(26)22(17(24)13-18(25)28-21(5,6)7)14-16(20(2,3)4)15-23(22)29-30(8)9/h16,30H,10-15H2,1-9H3. The lowest BCUT2D eigenvalue weighted by molar-refractivity contribution is -0.185. The van der Waals surface area contributed by atoms with Crippen molar-refractivity contribution in [2.45, 2.75) is 98.4 Å². The number of hydroxylamine groups is 2. The van der Waals surface area contributed by atoms with E-state index in [-0.39, 0.29) is 24.4 Å². The molecule has 7 nitrogen and oxygen atoms in total. The van der Waals surface area contributed by atoms with Crippen LogP contribution in [-0.2, 0) is 28.4 Å². The molecule has 1 saturated heterocycles. The highest BCUT2D eigenvalue weighted by Gasteiger charge is 2.60. The monoisotopic (exact) mass is 443 g/mol. The first kappa shape index (κ1) is 26.8. The summed E-state index contributed by atoms with van der Waals surface area (Å²) in [6, 6.07) is 0. The minimum atomic E-state index is -1.62. The molecule has 0 aromatic heterocycles. The van der Waals surface area contributed by atoms with E-state index in [1.807, 2.05) is 20.0 Å². The lowest BCUT2D eigenvalue weighted by Gasteiger charge is -2.35. The van der Waals surface area contributed by atoms with E-state index in [4.69, 9.17) is 14.0 Å². The Bertz CT molecular complexity index is 622. The molecule has 0 aliphatic carbocycles. The summed E-state index contributed by atoms with van der Waals surface area (Å²) in [7, 11) is -1.62. The Labute approximate surface area is 183 Å². The van der Waals surface area contributed by atoms with E-state index in [1.165, 1.54) is 5.06 Å². The van der Waals surface area contributed by atoms with Gasteiger partial charge in [-0.2, -0.15) is 5.06 Å². The van der Waals surface area contributed by atoms with Gasteiger partial charge < -0.3 is 14.0 Å². The molecule has 1 fully saturated rings. The van der Waals surface area contributed by atoms with Crippen LogP contribution in [0.15, 0.2) is 0 Å². The van der Waals surface area contributed by atoms with Crippen molar-refractivity contribution in [1.29, 1.82) is 0 Å². The minimum absolute atomic E-state index is 0.0339. The van der Waals surface area contributed by atoms with Gasteiger partial charge in [0.15, 0.2) is 14.8 Å². The molecule has 0 N–H and O–H groups in total. The van der Waals surface area contributed by atoms with Gasteiger partial charge in [-0.15, -0.1) is 0 Å². The number of carbonyl (C=O) groups is 3. The van der Waals surface area contributed by atoms with Crippen LogP contribution in [0.5, 0.6) is 0 Å². The highest BCUT2D eigenvalue weighted by Crippen LogP contribution is 2.44. The van der Waals surface area contributed by atoms with Crippen LogP contribution in [0.4, 0.5) is 0 Å². The maximum atomic E-state index is 13.5. The topological polar surface area (TPSA) is 82.1 Å². The number of rotatable bonds is 9. The summed E-state index contributed by atoms with van der Waals surface area (Å²) < 4.78 is 16.9. The van der Waals surface area contributed by atoms with E-state index in [0.717, 1.165) is 6.42 Å². The lowest BCUT2D eigenvalue weighted by atomic mass is 9.75. The molecule has 1 aliphatic rings. The van der Waals surface area contributed by atoms with Gasteiger partial charge in [-0.3, -0.25) is 9.59 Å². The number of ketones is 1. The van der Waals surface area contributed by atoms with Gasteiger partial charge in [0.1, 0.15) is 12.0 Å². The number of unbranched alkanes of at least 4 members (excludes halogenated alkanes) is 1. The van der Waals surface area contributed by atoms with Crippen molar-refractivity contribution in [3.63, 3.8) is 0 Å². The Balaban J connectivity index is 3.30. The fraction of sp³-hybridized carbons (Fsp3) is 0.864. The largest absolute Gasteiger partial charge is 0.464 e. The lowest BCUT2D eigenvalue weighted by Crippen LogP contribution is -2.58. The zero-order valence-corrected chi connectivity index (χ0v) is 21.4. The zero-order chi connectivity index (χ0) is 23.3. The summed E-state index contributed by atoms with van der Waals surface area (Å²) in [6.07, 6.45) is 1.36. The van der Waals surface area contributed by atoms with Crippen LogP contribution in [0.25, 0.3) is 0 Å². The summed E-state index contributed by atoms with van der Waals surface area (Å²) in [6.45, 7) is 18.1. The number of esters is 2. The molecule has 0 spiro atoms. The molecule has 1 heterocycles. The molecule has 30 heavy (non-hydrogen) atoms. The Hall–Kier alpha value is -1.25. The Kier molecular flexibility index (Phi) is 9.26. The Morgan fingerprint density at radius 2 is 1.70 bits per heavy atom. The Morgan fingerprint density at radius 1 is 1.10 bits per heavy atom. The third kappa shape index (κ3) is 7.16. The SMILES string of the molecule is CCCCOC(=O)C1(C(=O)CC(=O)OC(C)(C)C)CC(C(C)(C)C)CN1O[SiH](C)C. The molecule has 0 bridgehead atoms.